The van der Waals surface area contributed by atoms with Crippen LogP contribution in [0, 0.1) is 5.92 Å². The number of aromatic nitrogens is 4. The zero-order valence-electron chi connectivity index (χ0n) is 22.3. The number of methoxy groups -OCH3 is 1. The van der Waals surface area contributed by atoms with Crippen molar-refractivity contribution in [3.63, 3.8) is 0 Å². The molecule has 0 bridgehead atoms. The minimum atomic E-state index is -0.485. The Kier molecular flexibility index (Phi) is 5.82. The minimum absolute atomic E-state index is 0.0917. The molecule has 11 nitrogen and oxygen atoms in total. The first-order valence-corrected chi connectivity index (χ1v) is 14.0. The first-order chi connectivity index (χ1) is 19.1. The van der Waals surface area contributed by atoms with Crippen molar-refractivity contribution >= 4 is 23.4 Å². The van der Waals surface area contributed by atoms with E-state index >= 15 is 0 Å². The number of nitrogens with zero attached hydrogens (tertiary/aromatic N) is 8. The molecule has 2 atom stereocenters. The average Bonchev–Trinajstić information content (AvgIpc) is 3.51. The molecule has 0 radical (unpaired) electrons. The summed E-state index contributed by atoms with van der Waals surface area (Å²) < 4.78 is 7.24. The van der Waals surface area contributed by atoms with Gasteiger partial charge in [0.1, 0.15) is 5.82 Å². The quantitative estimate of drug-likeness (QED) is 0.511. The van der Waals surface area contributed by atoms with Crippen molar-refractivity contribution in [2.75, 3.05) is 57.8 Å². The second-order valence-electron chi connectivity index (χ2n) is 11.1. The molecule has 0 aromatic carbocycles. The summed E-state index contributed by atoms with van der Waals surface area (Å²) in [5, 5.41) is 4.50. The van der Waals surface area contributed by atoms with E-state index in [0.29, 0.717) is 37.6 Å². The maximum atomic E-state index is 13.7. The first kappa shape index (κ1) is 24.2. The van der Waals surface area contributed by atoms with Crippen LogP contribution in [0.3, 0.4) is 0 Å². The lowest BCUT2D eigenvalue weighted by Crippen LogP contribution is -2.61. The predicted octanol–water partition coefficient (Wildman–Crippen LogP) is 2.52. The van der Waals surface area contributed by atoms with Gasteiger partial charge >= 0.3 is 6.03 Å². The molecule has 204 valence electrons. The number of pyridine rings is 1. The minimum Gasteiger partial charge on any atom is -0.481 e. The fourth-order valence-electron chi connectivity index (χ4n) is 6.73. The molecule has 3 aliphatic heterocycles. The molecule has 3 aromatic heterocycles. The fraction of sp³-hybridized carbons (Fsp3) is 0.536. The zero-order chi connectivity index (χ0) is 26.6. The number of carbonyl (C=O) groups is 2. The largest absolute Gasteiger partial charge is 0.481 e. The van der Waals surface area contributed by atoms with Gasteiger partial charge in [-0.05, 0) is 50.3 Å². The van der Waals surface area contributed by atoms with E-state index < -0.39 is 5.54 Å². The van der Waals surface area contributed by atoms with Crippen LogP contribution in [0.5, 0.6) is 5.88 Å². The number of urea groups is 1. The maximum Gasteiger partial charge on any atom is 0.320 e. The predicted molar refractivity (Wildman–Crippen MR) is 145 cm³/mol. The van der Waals surface area contributed by atoms with E-state index in [1.807, 2.05) is 39.1 Å². The molecule has 2 unspecified atom stereocenters. The van der Waals surface area contributed by atoms with Crippen LogP contribution in [0.15, 0.2) is 36.8 Å². The van der Waals surface area contributed by atoms with Crippen LogP contribution < -0.4 is 9.64 Å². The van der Waals surface area contributed by atoms with Gasteiger partial charge in [-0.1, -0.05) is 0 Å². The number of rotatable bonds is 4. The monoisotopic (exact) mass is 530 g/mol. The summed E-state index contributed by atoms with van der Waals surface area (Å²) in [5.41, 5.74) is 1.90. The molecule has 11 heteroatoms. The molecule has 4 aliphatic rings. The van der Waals surface area contributed by atoms with E-state index in [1.165, 1.54) is 0 Å². The van der Waals surface area contributed by atoms with Crippen molar-refractivity contribution in [2.45, 2.75) is 37.6 Å². The van der Waals surface area contributed by atoms with Gasteiger partial charge in [-0.3, -0.25) is 4.79 Å². The summed E-state index contributed by atoms with van der Waals surface area (Å²) in [7, 11) is 1.61. The lowest BCUT2D eigenvalue weighted by Gasteiger charge is -2.44. The standard InChI is InChI=1S/C28H34N8O3/c1-39-25-20(7-6-9-29-25)21-18-30-36-14-8-23(31-24(21)36)34-15-16-35(27(38)33-12-4-5-13-33)28(19-34)17-22(28)26(37)32-10-2-3-11-32/h6-9,14,18,22H,2-5,10-13,15-17,19H2,1H3. The highest BCUT2D eigenvalue weighted by molar-refractivity contribution is 5.87. The number of fused-ring (bicyclic) bond motifs is 1. The number of anilines is 1. The van der Waals surface area contributed by atoms with Crippen LogP contribution in [-0.2, 0) is 4.79 Å². The molecule has 6 heterocycles. The first-order valence-electron chi connectivity index (χ1n) is 14.0. The third-order valence-electron chi connectivity index (χ3n) is 8.90. The lowest BCUT2D eigenvalue weighted by molar-refractivity contribution is -0.132. The summed E-state index contributed by atoms with van der Waals surface area (Å²) in [5.74, 6) is 1.39. The van der Waals surface area contributed by atoms with Crippen LogP contribution >= 0.6 is 0 Å². The molecule has 3 amide bonds. The van der Waals surface area contributed by atoms with Gasteiger partial charge in [0.2, 0.25) is 11.8 Å². The van der Waals surface area contributed by atoms with Gasteiger partial charge in [0, 0.05) is 63.8 Å². The number of amides is 3. The molecule has 1 aliphatic carbocycles. The van der Waals surface area contributed by atoms with Crippen molar-refractivity contribution in [3.8, 4) is 17.0 Å². The molecule has 39 heavy (non-hydrogen) atoms. The second-order valence-corrected chi connectivity index (χ2v) is 11.1. The van der Waals surface area contributed by atoms with Crippen molar-refractivity contribution in [1.82, 2.24) is 34.3 Å². The highest BCUT2D eigenvalue weighted by Crippen LogP contribution is 2.52. The third-order valence-corrected chi connectivity index (χ3v) is 8.90. The van der Waals surface area contributed by atoms with Gasteiger partial charge in [-0.15, -0.1) is 0 Å². The van der Waals surface area contributed by atoms with Crippen LogP contribution in [0.4, 0.5) is 10.6 Å². The van der Waals surface area contributed by atoms with Gasteiger partial charge in [0.25, 0.3) is 0 Å². The van der Waals surface area contributed by atoms with Gasteiger partial charge in [-0.2, -0.15) is 5.10 Å². The Morgan fingerprint density at radius 2 is 1.74 bits per heavy atom. The number of piperazine rings is 1. The molecule has 1 spiro atoms. The summed E-state index contributed by atoms with van der Waals surface area (Å²) in [6.07, 6.45) is 10.3. The smallest absolute Gasteiger partial charge is 0.320 e. The van der Waals surface area contributed by atoms with E-state index in [-0.39, 0.29) is 17.9 Å². The average molecular weight is 531 g/mol. The molecule has 3 saturated heterocycles. The third kappa shape index (κ3) is 3.97. The van der Waals surface area contributed by atoms with E-state index in [4.69, 9.17) is 9.72 Å². The van der Waals surface area contributed by atoms with Crippen LogP contribution in [0.25, 0.3) is 16.8 Å². The van der Waals surface area contributed by atoms with Gasteiger partial charge in [-0.25, -0.2) is 19.3 Å². The molecular weight excluding hydrogens is 496 g/mol. The van der Waals surface area contributed by atoms with E-state index in [1.54, 1.807) is 24.0 Å². The van der Waals surface area contributed by atoms with Crippen LogP contribution in [0.1, 0.15) is 32.1 Å². The number of hydrogen-bond donors (Lipinski definition) is 0. The van der Waals surface area contributed by atoms with Crippen molar-refractivity contribution in [3.05, 3.63) is 36.8 Å². The Balaban J connectivity index is 1.21. The van der Waals surface area contributed by atoms with Gasteiger partial charge in [0.05, 0.1) is 30.3 Å². The van der Waals surface area contributed by atoms with E-state index in [2.05, 4.69) is 15.0 Å². The summed E-state index contributed by atoms with van der Waals surface area (Å²) in [6, 6.07) is 5.88. The molecule has 1 saturated carbocycles. The molecule has 3 aromatic rings. The highest BCUT2D eigenvalue weighted by atomic mass is 16.5. The maximum absolute atomic E-state index is 13.7. The van der Waals surface area contributed by atoms with E-state index in [9.17, 15) is 9.59 Å². The number of ether oxygens (including phenoxy) is 1. The lowest BCUT2D eigenvalue weighted by atomic mass is 10.1. The Bertz CT molecular complexity index is 1410. The van der Waals surface area contributed by atoms with Crippen molar-refractivity contribution < 1.29 is 14.3 Å². The SMILES string of the molecule is COc1ncccc1-c1cnn2ccc(N3CCN(C(=O)N4CCCC4)C4(CC4C(=O)N4CCCC4)C3)nc12. The molecule has 0 N–H and O–H groups in total. The highest BCUT2D eigenvalue weighted by Gasteiger charge is 2.66. The number of likely N-dealkylation sites (tertiary alicyclic amines) is 2. The fourth-order valence-corrected chi connectivity index (χ4v) is 6.73. The Morgan fingerprint density at radius 1 is 0.974 bits per heavy atom. The molecule has 7 rings (SSSR count). The Morgan fingerprint density at radius 3 is 2.51 bits per heavy atom. The van der Waals surface area contributed by atoms with Crippen molar-refractivity contribution in [1.29, 1.82) is 0 Å². The normalized spacial score (nSPS) is 24.7. The topological polar surface area (TPSA) is 99.4 Å². The summed E-state index contributed by atoms with van der Waals surface area (Å²) >= 11 is 0. The second kappa shape index (κ2) is 9.39. The van der Waals surface area contributed by atoms with Gasteiger partial charge < -0.3 is 24.3 Å². The number of hydrogen-bond acceptors (Lipinski definition) is 7. The van der Waals surface area contributed by atoms with Crippen LogP contribution in [-0.4, -0.2) is 105 Å². The molecule has 4 fully saturated rings. The Labute approximate surface area is 227 Å². The van der Waals surface area contributed by atoms with E-state index in [0.717, 1.165) is 68.8 Å². The molecular formula is C28H34N8O3. The summed E-state index contributed by atoms with van der Waals surface area (Å²) in [4.78, 5) is 44.8. The Hall–Kier alpha value is -3.89. The number of carbonyl (C=O) groups excluding carboxylic acids is 2. The zero-order valence-corrected chi connectivity index (χ0v) is 22.3. The summed E-state index contributed by atoms with van der Waals surface area (Å²) in [6.45, 7) is 5.10. The van der Waals surface area contributed by atoms with Crippen molar-refractivity contribution in [2.24, 2.45) is 5.92 Å². The van der Waals surface area contributed by atoms with Crippen LogP contribution in [0.2, 0.25) is 0 Å². The van der Waals surface area contributed by atoms with Gasteiger partial charge in [0.15, 0.2) is 5.65 Å².